The van der Waals surface area contributed by atoms with Gasteiger partial charge in [-0.15, -0.1) is 11.6 Å². The van der Waals surface area contributed by atoms with Crippen molar-refractivity contribution in [1.29, 1.82) is 0 Å². The summed E-state index contributed by atoms with van der Waals surface area (Å²) in [6, 6.07) is 5.64. The molecule has 2 aromatic heterocycles. The number of halogens is 2. The van der Waals surface area contributed by atoms with Gasteiger partial charge in [-0.2, -0.15) is 5.10 Å². The zero-order valence-electron chi connectivity index (χ0n) is 10.4. The molecular formula is C13H15Cl2N3. The summed E-state index contributed by atoms with van der Waals surface area (Å²) in [5.74, 6) is 1.59. The van der Waals surface area contributed by atoms with E-state index in [-0.39, 0.29) is 0 Å². The average molecular weight is 284 g/mol. The van der Waals surface area contributed by atoms with Gasteiger partial charge in [0.1, 0.15) is 5.15 Å². The largest absolute Gasteiger partial charge is 0.237 e. The Morgan fingerprint density at radius 2 is 2.11 bits per heavy atom. The van der Waals surface area contributed by atoms with E-state index in [2.05, 4.69) is 23.9 Å². The minimum absolute atomic E-state index is 0.369. The Labute approximate surface area is 117 Å². The number of alkyl halides is 1. The van der Waals surface area contributed by atoms with Crippen molar-refractivity contribution in [1.82, 2.24) is 14.8 Å². The standard InChI is InChI=1S/C13H15Cl2N3/c1-9(2)7-11-10(8-14)13(15)18(17-11)12-5-3-4-6-16-12/h3-6,9H,7-8H2,1-2H3. The van der Waals surface area contributed by atoms with Crippen LogP contribution >= 0.6 is 23.2 Å². The number of hydrogen-bond donors (Lipinski definition) is 0. The molecule has 0 aliphatic heterocycles. The fourth-order valence-corrected chi connectivity index (χ4v) is 2.44. The molecule has 2 heterocycles. The van der Waals surface area contributed by atoms with Crippen LogP contribution in [0.3, 0.4) is 0 Å². The maximum Gasteiger partial charge on any atom is 0.155 e. The second-order valence-corrected chi connectivity index (χ2v) is 5.17. The van der Waals surface area contributed by atoms with Crippen molar-refractivity contribution in [3.05, 3.63) is 40.8 Å². The number of hydrogen-bond acceptors (Lipinski definition) is 2. The normalized spacial score (nSPS) is 11.2. The van der Waals surface area contributed by atoms with E-state index < -0.39 is 0 Å². The summed E-state index contributed by atoms with van der Waals surface area (Å²) >= 11 is 12.3. The van der Waals surface area contributed by atoms with Crippen molar-refractivity contribution >= 4 is 23.2 Å². The van der Waals surface area contributed by atoms with E-state index in [4.69, 9.17) is 23.2 Å². The molecule has 0 unspecified atom stereocenters. The van der Waals surface area contributed by atoms with Crippen LogP contribution < -0.4 is 0 Å². The Morgan fingerprint density at radius 1 is 1.33 bits per heavy atom. The van der Waals surface area contributed by atoms with Crippen molar-refractivity contribution in [3.63, 3.8) is 0 Å². The van der Waals surface area contributed by atoms with Crippen molar-refractivity contribution < 1.29 is 0 Å². The Kier molecular flexibility index (Phi) is 4.25. The van der Waals surface area contributed by atoms with Gasteiger partial charge in [-0.3, -0.25) is 0 Å². The Hall–Kier alpha value is -1.06. The van der Waals surface area contributed by atoms with Gasteiger partial charge in [0.15, 0.2) is 5.82 Å². The van der Waals surface area contributed by atoms with Crippen molar-refractivity contribution in [2.75, 3.05) is 0 Å². The summed E-state index contributed by atoms with van der Waals surface area (Å²) in [4.78, 5) is 4.25. The zero-order valence-corrected chi connectivity index (χ0v) is 11.9. The van der Waals surface area contributed by atoms with Crippen molar-refractivity contribution in [2.24, 2.45) is 5.92 Å². The molecule has 0 saturated heterocycles. The summed E-state index contributed by atoms with van der Waals surface area (Å²) in [5, 5.41) is 5.08. The summed E-state index contributed by atoms with van der Waals surface area (Å²) in [6.07, 6.45) is 2.58. The minimum atomic E-state index is 0.369. The molecule has 2 aromatic rings. The van der Waals surface area contributed by atoms with Crippen molar-refractivity contribution in [3.8, 4) is 5.82 Å². The summed E-state index contributed by atoms with van der Waals surface area (Å²) < 4.78 is 1.65. The molecule has 18 heavy (non-hydrogen) atoms. The molecule has 0 spiro atoms. The second kappa shape index (κ2) is 5.72. The van der Waals surface area contributed by atoms with Crippen LogP contribution in [0.1, 0.15) is 25.1 Å². The molecule has 0 atom stereocenters. The molecule has 0 amide bonds. The van der Waals surface area contributed by atoms with E-state index in [1.165, 1.54) is 0 Å². The van der Waals surface area contributed by atoms with Crippen LogP contribution in [0.4, 0.5) is 0 Å². The average Bonchev–Trinajstić information content (AvgIpc) is 2.66. The molecule has 0 aliphatic rings. The first-order chi connectivity index (χ1) is 8.63. The van der Waals surface area contributed by atoms with Gasteiger partial charge in [0, 0.05) is 11.8 Å². The highest BCUT2D eigenvalue weighted by Gasteiger charge is 2.17. The SMILES string of the molecule is CC(C)Cc1nn(-c2ccccn2)c(Cl)c1CCl. The molecule has 96 valence electrons. The molecule has 0 radical (unpaired) electrons. The van der Waals surface area contributed by atoms with Crippen molar-refractivity contribution in [2.45, 2.75) is 26.1 Å². The van der Waals surface area contributed by atoms with Gasteiger partial charge in [0.2, 0.25) is 0 Å². The van der Waals surface area contributed by atoms with Crippen LogP contribution in [0.25, 0.3) is 5.82 Å². The van der Waals surface area contributed by atoms with E-state index in [1.54, 1.807) is 10.9 Å². The van der Waals surface area contributed by atoms with Crippen LogP contribution in [0.2, 0.25) is 5.15 Å². The molecule has 5 heteroatoms. The highest BCUT2D eigenvalue weighted by atomic mass is 35.5. The van der Waals surface area contributed by atoms with Gasteiger partial charge in [-0.05, 0) is 24.5 Å². The Balaban J connectivity index is 2.47. The summed E-state index contributed by atoms with van der Waals surface area (Å²) in [5.41, 5.74) is 1.85. The predicted molar refractivity (Wildman–Crippen MR) is 74.5 cm³/mol. The predicted octanol–water partition coefficient (Wildman–Crippen LogP) is 3.86. The lowest BCUT2D eigenvalue weighted by molar-refractivity contribution is 0.625. The van der Waals surface area contributed by atoms with E-state index in [0.717, 1.165) is 17.7 Å². The maximum atomic E-state index is 6.32. The maximum absolute atomic E-state index is 6.32. The molecule has 0 aromatic carbocycles. The number of nitrogens with zero attached hydrogens (tertiary/aromatic N) is 3. The van der Waals surface area contributed by atoms with Crippen LogP contribution in [0, 0.1) is 5.92 Å². The Bertz CT molecular complexity index is 521. The van der Waals surface area contributed by atoms with Gasteiger partial charge in [-0.25, -0.2) is 9.67 Å². The van der Waals surface area contributed by atoms with E-state index in [1.807, 2.05) is 18.2 Å². The van der Waals surface area contributed by atoms with Gasteiger partial charge in [0.05, 0.1) is 11.6 Å². The second-order valence-electron chi connectivity index (χ2n) is 4.55. The van der Waals surface area contributed by atoms with Crippen LogP contribution in [-0.2, 0) is 12.3 Å². The van der Waals surface area contributed by atoms with Gasteiger partial charge < -0.3 is 0 Å². The van der Waals surface area contributed by atoms with E-state index >= 15 is 0 Å². The van der Waals surface area contributed by atoms with Gasteiger partial charge in [-0.1, -0.05) is 31.5 Å². The molecule has 0 fully saturated rings. The third-order valence-corrected chi connectivity index (χ3v) is 3.26. The van der Waals surface area contributed by atoms with Gasteiger partial charge >= 0.3 is 0 Å². The number of rotatable bonds is 4. The first kappa shape index (κ1) is 13.4. The monoisotopic (exact) mass is 283 g/mol. The highest BCUT2D eigenvalue weighted by molar-refractivity contribution is 6.31. The summed E-state index contributed by atoms with van der Waals surface area (Å²) in [6.45, 7) is 4.29. The van der Waals surface area contributed by atoms with E-state index in [9.17, 15) is 0 Å². The third kappa shape index (κ3) is 2.68. The quantitative estimate of drug-likeness (QED) is 0.798. The molecule has 0 aliphatic carbocycles. The van der Waals surface area contributed by atoms with Crippen LogP contribution in [0.5, 0.6) is 0 Å². The fourth-order valence-electron chi connectivity index (χ4n) is 1.79. The molecule has 0 saturated carbocycles. The lowest BCUT2D eigenvalue weighted by atomic mass is 10.1. The molecule has 0 N–H and O–H groups in total. The third-order valence-electron chi connectivity index (χ3n) is 2.61. The highest BCUT2D eigenvalue weighted by Crippen LogP contribution is 2.26. The lowest BCUT2D eigenvalue weighted by Gasteiger charge is -2.02. The zero-order chi connectivity index (χ0) is 13.1. The van der Waals surface area contributed by atoms with Crippen LogP contribution in [-0.4, -0.2) is 14.8 Å². The smallest absolute Gasteiger partial charge is 0.155 e. The molecular weight excluding hydrogens is 269 g/mol. The number of aromatic nitrogens is 3. The first-order valence-corrected chi connectivity index (χ1v) is 6.78. The minimum Gasteiger partial charge on any atom is -0.237 e. The first-order valence-electron chi connectivity index (χ1n) is 5.87. The summed E-state index contributed by atoms with van der Waals surface area (Å²) in [7, 11) is 0. The molecule has 0 bridgehead atoms. The lowest BCUT2D eigenvalue weighted by Crippen LogP contribution is -2.01. The number of pyridine rings is 1. The van der Waals surface area contributed by atoms with E-state index in [0.29, 0.717) is 22.8 Å². The molecule has 2 rings (SSSR count). The van der Waals surface area contributed by atoms with Gasteiger partial charge in [0.25, 0.3) is 0 Å². The topological polar surface area (TPSA) is 30.7 Å². The molecule has 3 nitrogen and oxygen atoms in total. The van der Waals surface area contributed by atoms with Crippen LogP contribution in [0.15, 0.2) is 24.4 Å². The Morgan fingerprint density at radius 3 is 2.67 bits per heavy atom. The fraction of sp³-hybridized carbons (Fsp3) is 0.385.